The largest absolute Gasteiger partial charge is 0.369 e. The summed E-state index contributed by atoms with van der Waals surface area (Å²) in [5, 5.41) is 9.31. The van der Waals surface area contributed by atoms with Gasteiger partial charge in [-0.3, -0.25) is 0 Å². The van der Waals surface area contributed by atoms with Gasteiger partial charge in [0, 0.05) is 18.7 Å². The van der Waals surface area contributed by atoms with Gasteiger partial charge in [-0.2, -0.15) is 5.26 Å². The summed E-state index contributed by atoms with van der Waals surface area (Å²) >= 11 is 0. The van der Waals surface area contributed by atoms with Crippen molar-refractivity contribution in [3.63, 3.8) is 0 Å². The van der Waals surface area contributed by atoms with E-state index in [2.05, 4.69) is 0 Å². The van der Waals surface area contributed by atoms with E-state index < -0.39 is 5.82 Å². The van der Waals surface area contributed by atoms with Gasteiger partial charge < -0.3 is 4.90 Å². The van der Waals surface area contributed by atoms with Crippen molar-refractivity contribution in [2.45, 2.75) is 19.3 Å². The maximum absolute atomic E-state index is 14.4. The first-order valence-electron chi connectivity index (χ1n) is 8.10. The molecule has 0 aliphatic carbocycles. The summed E-state index contributed by atoms with van der Waals surface area (Å²) in [5.41, 5.74) is 1.54. The molecule has 0 atom stereocenters. The number of hydrogen-bond donors (Lipinski definition) is 0. The Bertz CT molecular complexity index is 800. The first-order valence-corrected chi connectivity index (χ1v) is 8.10. The van der Waals surface area contributed by atoms with E-state index in [1.54, 1.807) is 30.3 Å². The topological polar surface area (TPSA) is 27.0 Å². The van der Waals surface area contributed by atoms with Crippen LogP contribution in [0.3, 0.4) is 0 Å². The molecule has 0 aromatic heterocycles. The molecule has 0 spiro atoms. The van der Waals surface area contributed by atoms with Gasteiger partial charge in [0.25, 0.3) is 0 Å². The lowest BCUT2D eigenvalue weighted by Gasteiger charge is -2.29. The lowest BCUT2D eigenvalue weighted by molar-refractivity contribution is 0.557. The summed E-state index contributed by atoms with van der Waals surface area (Å²) in [4.78, 5) is 2.05. The smallest absolute Gasteiger partial charge is 0.147 e. The van der Waals surface area contributed by atoms with E-state index >= 15 is 0 Å². The molecule has 122 valence electrons. The molecule has 0 radical (unpaired) electrons. The lowest BCUT2D eigenvalue weighted by atomic mass is 10.0. The number of halogens is 2. The highest BCUT2D eigenvalue weighted by atomic mass is 19.1. The Morgan fingerprint density at radius 1 is 1.00 bits per heavy atom. The van der Waals surface area contributed by atoms with Crippen LogP contribution in [0.1, 0.15) is 30.4 Å². The van der Waals surface area contributed by atoms with Crippen LogP contribution in [0.2, 0.25) is 0 Å². The molecule has 0 saturated carbocycles. The van der Waals surface area contributed by atoms with Crippen LogP contribution in [0.15, 0.2) is 42.5 Å². The molecule has 0 amide bonds. The third-order valence-corrected chi connectivity index (χ3v) is 4.26. The Morgan fingerprint density at radius 2 is 1.75 bits per heavy atom. The number of allylic oxidation sites excluding steroid dienone is 1. The molecule has 1 fully saturated rings. The summed E-state index contributed by atoms with van der Waals surface area (Å²) in [6.45, 7) is 1.73. The molecule has 2 aromatic carbocycles. The van der Waals surface area contributed by atoms with Crippen molar-refractivity contribution in [3.05, 3.63) is 65.2 Å². The Morgan fingerprint density at radius 3 is 2.42 bits per heavy atom. The minimum absolute atomic E-state index is 0.179. The summed E-state index contributed by atoms with van der Waals surface area (Å²) in [7, 11) is 0. The van der Waals surface area contributed by atoms with Crippen molar-refractivity contribution in [1.82, 2.24) is 0 Å². The minimum atomic E-state index is -0.462. The second kappa shape index (κ2) is 7.27. The average molecular weight is 324 g/mol. The summed E-state index contributed by atoms with van der Waals surface area (Å²) < 4.78 is 28.3. The monoisotopic (exact) mass is 324 g/mol. The maximum Gasteiger partial charge on any atom is 0.147 e. The molecule has 1 heterocycles. The van der Waals surface area contributed by atoms with Gasteiger partial charge in [-0.25, -0.2) is 8.78 Å². The molecule has 2 nitrogen and oxygen atoms in total. The van der Waals surface area contributed by atoms with Crippen LogP contribution in [-0.2, 0) is 0 Å². The quantitative estimate of drug-likeness (QED) is 0.585. The molecule has 4 heteroatoms. The van der Waals surface area contributed by atoms with Crippen LogP contribution < -0.4 is 4.90 Å². The standard InChI is InChI=1S/C20H18F2N2/c21-18-7-3-2-6-17(18)16(14-23)12-15-8-9-20(19(22)13-15)24-10-4-1-5-11-24/h2-3,6-9,12-13H,1,4-5,10-11H2. The van der Waals surface area contributed by atoms with Crippen molar-refractivity contribution in [2.24, 2.45) is 0 Å². The van der Waals surface area contributed by atoms with Crippen LogP contribution in [0.25, 0.3) is 11.6 Å². The number of hydrogen-bond acceptors (Lipinski definition) is 2. The van der Waals surface area contributed by atoms with Gasteiger partial charge in [-0.05, 0) is 49.1 Å². The fourth-order valence-corrected chi connectivity index (χ4v) is 3.02. The summed E-state index contributed by atoms with van der Waals surface area (Å²) in [5.74, 6) is -0.771. The molecule has 2 aromatic rings. The number of piperidine rings is 1. The molecule has 1 saturated heterocycles. The van der Waals surface area contributed by atoms with E-state index in [1.165, 1.54) is 24.6 Å². The van der Waals surface area contributed by atoms with E-state index in [-0.39, 0.29) is 17.0 Å². The van der Waals surface area contributed by atoms with Gasteiger partial charge in [-0.15, -0.1) is 0 Å². The van der Waals surface area contributed by atoms with Gasteiger partial charge in [0.15, 0.2) is 0 Å². The van der Waals surface area contributed by atoms with Crippen molar-refractivity contribution < 1.29 is 8.78 Å². The van der Waals surface area contributed by atoms with E-state index in [0.717, 1.165) is 25.9 Å². The zero-order valence-corrected chi connectivity index (χ0v) is 13.3. The first-order chi connectivity index (χ1) is 11.7. The van der Waals surface area contributed by atoms with Crippen molar-refractivity contribution in [1.29, 1.82) is 5.26 Å². The Balaban J connectivity index is 1.91. The number of anilines is 1. The Kier molecular flexibility index (Phi) is 4.90. The van der Waals surface area contributed by atoms with Gasteiger partial charge in [0.1, 0.15) is 11.6 Å². The van der Waals surface area contributed by atoms with Gasteiger partial charge in [-0.1, -0.05) is 24.3 Å². The highest BCUT2D eigenvalue weighted by Crippen LogP contribution is 2.26. The predicted octanol–water partition coefficient (Wildman–Crippen LogP) is 5.02. The van der Waals surface area contributed by atoms with Gasteiger partial charge >= 0.3 is 0 Å². The number of nitrogens with zero attached hydrogens (tertiary/aromatic N) is 2. The Hall–Kier alpha value is -2.67. The van der Waals surface area contributed by atoms with Gasteiger partial charge in [0.05, 0.1) is 17.3 Å². The SMILES string of the molecule is N#CC(=Cc1ccc(N2CCCCC2)c(F)c1)c1ccccc1F. The third-order valence-electron chi connectivity index (χ3n) is 4.26. The molecular formula is C20H18F2N2. The van der Waals surface area contributed by atoms with Crippen molar-refractivity contribution in [2.75, 3.05) is 18.0 Å². The van der Waals surface area contributed by atoms with Crippen molar-refractivity contribution in [3.8, 4) is 6.07 Å². The fourth-order valence-electron chi connectivity index (χ4n) is 3.02. The van der Waals surface area contributed by atoms with E-state index in [0.29, 0.717) is 11.3 Å². The minimum Gasteiger partial charge on any atom is -0.369 e. The lowest BCUT2D eigenvalue weighted by Crippen LogP contribution is -2.30. The number of rotatable bonds is 3. The zero-order chi connectivity index (χ0) is 16.9. The molecule has 3 rings (SSSR count). The Labute approximate surface area is 140 Å². The van der Waals surface area contributed by atoms with E-state index in [4.69, 9.17) is 0 Å². The first kappa shape index (κ1) is 16.2. The molecule has 24 heavy (non-hydrogen) atoms. The molecule has 1 aliphatic heterocycles. The summed E-state index contributed by atoms with van der Waals surface area (Å²) in [6, 6.07) is 13.0. The van der Waals surface area contributed by atoms with Crippen molar-refractivity contribution >= 4 is 17.3 Å². The predicted molar refractivity (Wildman–Crippen MR) is 92.3 cm³/mol. The number of nitriles is 1. The molecule has 1 aliphatic rings. The summed E-state index contributed by atoms with van der Waals surface area (Å²) in [6.07, 6.45) is 4.86. The fraction of sp³-hybridized carbons (Fsp3) is 0.250. The van der Waals surface area contributed by atoms with E-state index in [9.17, 15) is 14.0 Å². The van der Waals surface area contributed by atoms with Gasteiger partial charge in [0.2, 0.25) is 0 Å². The molecule has 0 bridgehead atoms. The maximum atomic E-state index is 14.4. The highest BCUT2D eigenvalue weighted by Gasteiger charge is 2.15. The normalized spacial score (nSPS) is 15.2. The van der Waals surface area contributed by atoms with Crippen LogP contribution in [0.4, 0.5) is 14.5 Å². The van der Waals surface area contributed by atoms with Crippen LogP contribution in [-0.4, -0.2) is 13.1 Å². The van der Waals surface area contributed by atoms with E-state index in [1.807, 2.05) is 11.0 Å². The van der Waals surface area contributed by atoms with Crippen LogP contribution in [0.5, 0.6) is 0 Å². The molecular weight excluding hydrogens is 306 g/mol. The second-order valence-electron chi connectivity index (χ2n) is 5.91. The zero-order valence-electron chi connectivity index (χ0n) is 13.3. The molecule has 0 unspecified atom stereocenters. The van der Waals surface area contributed by atoms with Crippen LogP contribution >= 0.6 is 0 Å². The second-order valence-corrected chi connectivity index (χ2v) is 5.91. The third kappa shape index (κ3) is 3.46. The highest BCUT2D eigenvalue weighted by molar-refractivity contribution is 5.89. The number of benzene rings is 2. The van der Waals surface area contributed by atoms with Crippen LogP contribution in [0, 0.1) is 23.0 Å². The molecule has 0 N–H and O–H groups in total. The average Bonchev–Trinajstić information content (AvgIpc) is 2.61.